The summed E-state index contributed by atoms with van der Waals surface area (Å²) in [5.74, 6) is 1.15. The molecule has 0 saturated carbocycles. The van der Waals surface area contributed by atoms with Gasteiger partial charge in [-0.25, -0.2) is 4.79 Å². The topological polar surface area (TPSA) is 87.6 Å². The van der Waals surface area contributed by atoms with E-state index < -0.39 is 5.97 Å². The molecule has 0 unspecified atom stereocenters. The van der Waals surface area contributed by atoms with Crippen LogP contribution in [0, 0.1) is 0 Å². The zero-order valence-electron chi connectivity index (χ0n) is 15.1. The van der Waals surface area contributed by atoms with Gasteiger partial charge < -0.3 is 18.4 Å². The van der Waals surface area contributed by atoms with Crippen molar-refractivity contribution < 1.29 is 23.2 Å². The van der Waals surface area contributed by atoms with Gasteiger partial charge in [0.25, 0.3) is 5.89 Å². The van der Waals surface area contributed by atoms with Crippen molar-refractivity contribution in [2.45, 2.75) is 13.2 Å². The van der Waals surface area contributed by atoms with E-state index >= 15 is 0 Å². The van der Waals surface area contributed by atoms with Gasteiger partial charge >= 0.3 is 5.97 Å². The first-order valence-electron chi connectivity index (χ1n) is 8.69. The molecule has 0 atom stereocenters. The molecule has 0 aliphatic carbocycles. The van der Waals surface area contributed by atoms with Gasteiger partial charge in [0.1, 0.15) is 18.1 Å². The fourth-order valence-electron chi connectivity index (χ4n) is 2.49. The Bertz CT molecular complexity index is 1110. The second kappa shape index (κ2) is 8.62. The number of furan rings is 1. The second-order valence-corrected chi connectivity index (χ2v) is 6.40. The van der Waals surface area contributed by atoms with Crippen LogP contribution in [0.5, 0.6) is 5.75 Å². The van der Waals surface area contributed by atoms with Crippen LogP contribution in [0.4, 0.5) is 0 Å². The summed E-state index contributed by atoms with van der Waals surface area (Å²) in [6.07, 6.45) is 0. The van der Waals surface area contributed by atoms with E-state index in [1.165, 1.54) is 6.07 Å². The van der Waals surface area contributed by atoms with Crippen molar-refractivity contribution in [3.05, 3.63) is 89.2 Å². The molecular formula is C21H15ClN2O5. The first-order chi connectivity index (χ1) is 14.2. The Morgan fingerprint density at radius 1 is 1.00 bits per heavy atom. The quantitative estimate of drug-likeness (QED) is 0.399. The Balaban J connectivity index is 1.32. The van der Waals surface area contributed by atoms with E-state index in [1.807, 2.05) is 30.3 Å². The molecule has 2 aromatic heterocycles. The first-order valence-corrected chi connectivity index (χ1v) is 9.07. The number of carbonyl (C=O) groups excluding carboxylic acids is 1. The number of rotatable bonds is 7. The van der Waals surface area contributed by atoms with E-state index in [4.69, 9.17) is 30.0 Å². The molecule has 0 amide bonds. The molecule has 146 valence electrons. The number of aromatic nitrogens is 2. The van der Waals surface area contributed by atoms with Gasteiger partial charge in [0.2, 0.25) is 11.6 Å². The van der Waals surface area contributed by atoms with Gasteiger partial charge in [0.15, 0.2) is 6.61 Å². The van der Waals surface area contributed by atoms with Crippen molar-refractivity contribution in [2.75, 3.05) is 0 Å². The summed E-state index contributed by atoms with van der Waals surface area (Å²) < 4.78 is 21.3. The first kappa shape index (κ1) is 18.8. The number of esters is 1. The minimum absolute atomic E-state index is 0.0613. The number of carbonyl (C=O) groups is 1. The highest BCUT2D eigenvalue weighted by atomic mass is 35.5. The van der Waals surface area contributed by atoms with Crippen LogP contribution < -0.4 is 4.74 Å². The van der Waals surface area contributed by atoms with Gasteiger partial charge in [-0.3, -0.25) is 0 Å². The maximum absolute atomic E-state index is 12.2. The van der Waals surface area contributed by atoms with E-state index in [0.29, 0.717) is 27.9 Å². The fourth-order valence-corrected chi connectivity index (χ4v) is 2.68. The van der Waals surface area contributed by atoms with Gasteiger partial charge in [-0.2, -0.15) is 4.98 Å². The lowest BCUT2D eigenvalue weighted by molar-refractivity contribution is 0.0390. The van der Waals surface area contributed by atoms with Crippen molar-refractivity contribution in [1.82, 2.24) is 10.1 Å². The summed E-state index contributed by atoms with van der Waals surface area (Å²) in [6.45, 7) is 0.0207. The maximum atomic E-state index is 12.2. The number of halogens is 1. The number of benzene rings is 2. The van der Waals surface area contributed by atoms with Crippen LogP contribution in [-0.2, 0) is 18.0 Å². The third kappa shape index (κ3) is 4.83. The lowest BCUT2D eigenvalue weighted by atomic mass is 10.2. The molecular weight excluding hydrogens is 396 g/mol. The highest BCUT2D eigenvalue weighted by Gasteiger charge is 2.16. The monoisotopic (exact) mass is 410 g/mol. The van der Waals surface area contributed by atoms with Crippen LogP contribution in [0.2, 0.25) is 5.02 Å². The maximum Gasteiger partial charge on any atom is 0.374 e. The standard InChI is InChI=1S/C21H15ClN2O5/c22-15-6-4-5-14(11-15)20-23-19(29-24-20)13-27-21(25)18-10-9-17(28-18)12-26-16-7-2-1-3-8-16/h1-11H,12-13H2. The zero-order chi connectivity index (χ0) is 20.1. The van der Waals surface area contributed by atoms with Crippen LogP contribution in [0.1, 0.15) is 22.2 Å². The molecule has 0 aliphatic rings. The number of hydrogen-bond donors (Lipinski definition) is 0. The molecule has 7 nitrogen and oxygen atoms in total. The molecule has 2 aromatic carbocycles. The molecule has 0 saturated heterocycles. The van der Waals surface area contributed by atoms with Crippen LogP contribution in [0.25, 0.3) is 11.4 Å². The Morgan fingerprint density at radius 2 is 1.86 bits per heavy atom. The van der Waals surface area contributed by atoms with E-state index in [9.17, 15) is 4.79 Å². The highest BCUT2D eigenvalue weighted by Crippen LogP contribution is 2.20. The molecule has 0 fully saturated rings. The molecule has 2 heterocycles. The lowest BCUT2D eigenvalue weighted by Crippen LogP contribution is -2.04. The predicted octanol–water partition coefficient (Wildman–Crippen LogP) is 4.92. The summed E-state index contributed by atoms with van der Waals surface area (Å²) in [5, 5.41) is 4.42. The van der Waals surface area contributed by atoms with E-state index in [1.54, 1.807) is 30.3 Å². The SMILES string of the molecule is O=C(OCc1nc(-c2cccc(Cl)c2)no1)c1ccc(COc2ccccc2)o1. The average molecular weight is 411 g/mol. The summed E-state index contributed by atoms with van der Waals surface area (Å²) in [5.41, 5.74) is 0.702. The van der Waals surface area contributed by atoms with Crippen molar-refractivity contribution in [1.29, 1.82) is 0 Å². The molecule has 8 heteroatoms. The summed E-state index contributed by atoms with van der Waals surface area (Å²) in [6, 6.07) is 19.5. The minimum Gasteiger partial charge on any atom is -0.486 e. The molecule has 29 heavy (non-hydrogen) atoms. The molecule has 0 radical (unpaired) electrons. The Labute approximate surface area is 170 Å². The van der Waals surface area contributed by atoms with E-state index in [2.05, 4.69) is 10.1 Å². The third-order valence-electron chi connectivity index (χ3n) is 3.86. The Hall–Kier alpha value is -3.58. The van der Waals surface area contributed by atoms with Crippen LogP contribution >= 0.6 is 11.6 Å². The molecule has 0 aliphatic heterocycles. The van der Waals surface area contributed by atoms with Crippen LogP contribution in [0.15, 0.2) is 75.7 Å². The van der Waals surface area contributed by atoms with Gasteiger partial charge in [0, 0.05) is 10.6 Å². The van der Waals surface area contributed by atoms with E-state index in [0.717, 1.165) is 0 Å². The molecule has 4 rings (SSSR count). The normalized spacial score (nSPS) is 10.7. The lowest BCUT2D eigenvalue weighted by Gasteiger charge is -2.03. The minimum atomic E-state index is -0.640. The predicted molar refractivity (Wildman–Crippen MR) is 103 cm³/mol. The summed E-state index contributed by atoms with van der Waals surface area (Å²) in [4.78, 5) is 16.4. The fraction of sp³-hybridized carbons (Fsp3) is 0.0952. The Morgan fingerprint density at radius 3 is 2.69 bits per heavy atom. The third-order valence-corrected chi connectivity index (χ3v) is 4.10. The summed E-state index contributed by atoms with van der Waals surface area (Å²) in [7, 11) is 0. The number of para-hydroxylation sites is 1. The summed E-state index contributed by atoms with van der Waals surface area (Å²) >= 11 is 5.96. The number of nitrogens with zero attached hydrogens (tertiary/aromatic N) is 2. The average Bonchev–Trinajstić information content (AvgIpc) is 3.41. The van der Waals surface area contributed by atoms with Gasteiger partial charge in [-0.1, -0.05) is 47.1 Å². The number of hydrogen-bond acceptors (Lipinski definition) is 7. The molecule has 0 N–H and O–H groups in total. The van der Waals surface area contributed by atoms with Gasteiger partial charge in [0.05, 0.1) is 0 Å². The van der Waals surface area contributed by atoms with Crippen molar-refractivity contribution in [3.63, 3.8) is 0 Å². The van der Waals surface area contributed by atoms with Gasteiger partial charge in [-0.05, 0) is 36.4 Å². The van der Waals surface area contributed by atoms with Crippen LogP contribution in [0.3, 0.4) is 0 Å². The highest BCUT2D eigenvalue weighted by molar-refractivity contribution is 6.30. The molecule has 0 spiro atoms. The molecule has 4 aromatic rings. The second-order valence-electron chi connectivity index (χ2n) is 5.97. The van der Waals surface area contributed by atoms with Crippen LogP contribution in [-0.4, -0.2) is 16.1 Å². The van der Waals surface area contributed by atoms with Crippen molar-refractivity contribution >= 4 is 17.6 Å². The zero-order valence-corrected chi connectivity index (χ0v) is 15.8. The largest absolute Gasteiger partial charge is 0.486 e. The van der Waals surface area contributed by atoms with E-state index in [-0.39, 0.29) is 24.9 Å². The number of ether oxygens (including phenoxy) is 2. The van der Waals surface area contributed by atoms with Gasteiger partial charge in [-0.15, -0.1) is 0 Å². The van der Waals surface area contributed by atoms with Crippen molar-refractivity contribution in [2.24, 2.45) is 0 Å². The molecule has 0 bridgehead atoms. The Kier molecular flexibility index (Phi) is 5.58. The smallest absolute Gasteiger partial charge is 0.374 e. The van der Waals surface area contributed by atoms with Crippen molar-refractivity contribution in [3.8, 4) is 17.1 Å².